The van der Waals surface area contributed by atoms with Gasteiger partial charge in [0.05, 0.1) is 6.61 Å². The zero-order valence-corrected chi connectivity index (χ0v) is 16.4. The lowest BCUT2D eigenvalue weighted by molar-refractivity contribution is -0.132. The number of aryl methyl sites for hydroxylation is 1. The summed E-state index contributed by atoms with van der Waals surface area (Å²) in [5, 5.41) is 2.87. The first-order valence-electron chi connectivity index (χ1n) is 9.46. The summed E-state index contributed by atoms with van der Waals surface area (Å²) in [5.41, 5.74) is 1.84. The van der Waals surface area contributed by atoms with Crippen LogP contribution < -0.4 is 5.32 Å². The molecule has 0 aromatic heterocycles. The van der Waals surface area contributed by atoms with Crippen molar-refractivity contribution in [1.82, 2.24) is 9.80 Å². The van der Waals surface area contributed by atoms with Gasteiger partial charge in [0.15, 0.2) is 0 Å². The number of hydrogen-bond donors (Lipinski definition) is 1. The van der Waals surface area contributed by atoms with Crippen molar-refractivity contribution in [3.63, 3.8) is 0 Å². The summed E-state index contributed by atoms with van der Waals surface area (Å²) in [7, 11) is 0. The van der Waals surface area contributed by atoms with Gasteiger partial charge in [-0.3, -0.25) is 9.59 Å². The Morgan fingerprint density at radius 2 is 1.96 bits per heavy atom. The molecule has 1 aromatic rings. The zero-order valence-electron chi connectivity index (χ0n) is 16.4. The van der Waals surface area contributed by atoms with Gasteiger partial charge >= 0.3 is 6.09 Å². The molecule has 27 heavy (non-hydrogen) atoms. The van der Waals surface area contributed by atoms with Crippen LogP contribution in [0.15, 0.2) is 24.3 Å². The summed E-state index contributed by atoms with van der Waals surface area (Å²) in [5.74, 6) is -0.163. The van der Waals surface area contributed by atoms with Gasteiger partial charge in [0.2, 0.25) is 11.8 Å². The van der Waals surface area contributed by atoms with E-state index >= 15 is 0 Å². The van der Waals surface area contributed by atoms with Gasteiger partial charge in [-0.1, -0.05) is 12.1 Å². The van der Waals surface area contributed by atoms with Gasteiger partial charge < -0.3 is 19.9 Å². The molecule has 0 radical (unpaired) electrons. The van der Waals surface area contributed by atoms with Gasteiger partial charge in [-0.05, 0) is 44.4 Å². The SMILES string of the molecule is CCOC(=O)N1CCC(N(CCC(=O)Nc2cccc(C)c2)C(C)=O)CC1. The fraction of sp³-hybridized carbons (Fsp3) is 0.550. The Morgan fingerprint density at radius 3 is 2.56 bits per heavy atom. The Morgan fingerprint density at radius 1 is 1.26 bits per heavy atom. The highest BCUT2D eigenvalue weighted by molar-refractivity contribution is 5.91. The topological polar surface area (TPSA) is 79.0 Å². The lowest BCUT2D eigenvalue weighted by atomic mass is 10.0. The Labute approximate surface area is 160 Å². The minimum absolute atomic E-state index is 0.0416. The molecule has 148 valence electrons. The van der Waals surface area contributed by atoms with E-state index in [0.717, 1.165) is 11.3 Å². The van der Waals surface area contributed by atoms with Crippen molar-refractivity contribution in [1.29, 1.82) is 0 Å². The first-order chi connectivity index (χ1) is 12.9. The maximum atomic E-state index is 12.2. The number of nitrogens with one attached hydrogen (secondary N) is 1. The number of likely N-dealkylation sites (tertiary alicyclic amines) is 1. The maximum Gasteiger partial charge on any atom is 0.409 e. The third-order valence-corrected chi connectivity index (χ3v) is 4.72. The first kappa shape index (κ1) is 20.7. The molecule has 0 atom stereocenters. The number of hydrogen-bond acceptors (Lipinski definition) is 4. The molecule has 0 unspecified atom stereocenters. The van der Waals surface area contributed by atoms with Gasteiger partial charge in [-0.25, -0.2) is 4.79 Å². The number of benzene rings is 1. The molecular weight excluding hydrogens is 346 g/mol. The highest BCUT2D eigenvalue weighted by Crippen LogP contribution is 2.18. The van der Waals surface area contributed by atoms with Crippen LogP contribution in [-0.4, -0.2) is 60.0 Å². The van der Waals surface area contributed by atoms with Crippen molar-refractivity contribution in [2.45, 2.75) is 46.1 Å². The highest BCUT2D eigenvalue weighted by Gasteiger charge is 2.29. The second-order valence-electron chi connectivity index (χ2n) is 6.80. The fourth-order valence-corrected chi connectivity index (χ4v) is 3.34. The number of carbonyl (C=O) groups is 3. The molecule has 0 aliphatic carbocycles. The van der Waals surface area contributed by atoms with Gasteiger partial charge in [-0.15, -0.1) is 0 Å². The van der Waals surface area contributed by atoms with Gasteiger partial charge in [0.1, 0.15) is 0 Å². The largest absolute Gasteiger partial charge is 0.450 e. The Bertz CT molecular complexity index is 669. The summed E-state index contributed by atoms with van der Waals surface area (Å²) < 4.78 is 5.02. The molecule has 1 fully saturated rings. The quantitative estimate of drug-likeness (QED) is 0.829. The summed E-state index contributed by atoms with van der Waals surface area (Å²) >= 11 is 0. The van der Waals surface area contributed by atoms with E-state index in [1.165, 1.54) is 6.92 Å². The predicted molar refractivity (Wildman–Crippen MR) is 103 cm³/mol. The molecule has 1 heterocycles. The number of ether oxygens (including phenoxy) is 1. The highest BCUT2D eigenvalue weighted by atomic mass is 16.6. The molecule has 7 nitrogen and oxygen atoms in total. The molecule has 2 rings (SSSR count). The van der Waals surface area contributed by atoms with Crippen LogP contribution in [0, 0.1) is 6.92 Å². The van der Waals surface area contributed by atoms with Gasteiger partial charge in [-0.2, -0.15) is 0 Å². The predicted octanol–water partition coefficient (Wildman–Crippen LogP) is 2.79. The number of anilines is 1. The maximum absolute atomic E-state index is 12.2. The molecule has 7 heteroatoms. The summed E-state index contributed by atoms with van der Waals surface area (Å²) in [4.78, 5) is 39.5. The summed E-state index contributed by atoms with van der Waals surface area (Å²) in [6.45, 7) is 7.12. The van der Waals surface area contributed by atoms with E-state index in [0.29, 0.717) is 39.1 Å². The van der Waals surface area contributed by atoms with Crippen LogP contribution in [0.25, 0.3) is 0 Å². The summed E-state index contributed by atoms with van der Waals surface area (Å²) in [6, 6.07) is 7.66. The number of amides is 3. The normalized spacial score (nSPS) is 14.6. The molecule has 1 aliphatic heterocycles. The van der Waals surface area contributed by atoms with Crippen molar-refractivity contribution in [3.8, 4) is 0 Å². The monoisotopic (exact) mass is 375 g/mol. The molecule has 0 spiro atoms. The third-order valence-electron chi connectivity index (χ3n) is 4.72. The Hall–Kier alpha value is -2.57. The van der Waals surface area contributed by atoms with Crippen molar-refractivity contribution in [3.05, 3.63) is 29.8 Å². The lowest BCUT2D eigenvalue weighted by Crippen LogP contribution is -2.49. The first-order valence-corrected chi connectivity index (χ1v) is 9.46. The van der Waals surface area contributed by atoms with Crippen molar-refractivity contribution >= 4 is 23.6 Å². The van der Waals surface area contributed by atoms with Crippen LogP contribution in [0.2, 0.25) is 0 Å². The molecule has 1 saturated heterocycles. The van der Waals surface area contributed by atoms with Crippen LogP contribution in [0.5, 0.6) is 0 Å². The second-order valence-corrected chi connectivity index (χ2v) is 6.80. The lowest BCUT2D eigenvalue weighted by Gasteiger charge is -2.37. The van der Waals surface area contributed by atoms with Crippen LogP contribution in [0.1, 0.15) is 38.7 Å². The molecule has 1 N–H and O–H groups in total. The molecule has 1 aliphatic rings. The smallest absolute Gasteiger partial charge is 0.409 e. The molecule has 1 aromatic carbocycles. The molecule has 0 bridgehead atoms. The van der Waals surface area contributed by atoms with Crippen molar-refractivity contribution < 1.29 is 19.1 Å². The second kappa shape index (κ2) is 9.94. The number of piperidine rings is 1. The molecule has 0 saturated carbocycles. The molecule has 3 amide bonds. The van der Waals surface area contributed by atoms with Gasteiger partial charge in [0.25, 0.3) is 0 Å². The van der Waals surface area contributed by atoms with E-state index in [4.69, 9.17) is 4.74 Å². The number of carbonyl (C=O) groups excluding carboxylic acids is 3. The van der Waals surface area contributed by atoms with Crippen LogP contribution in [0.3, 0.4) is 0 Å². The average molecular weight is 375 g/mol. The van der Waals surface area contributed by atoms with E-state index in [1.54, 1.807) is 16.7 Å². The van der Waals surface area contributed by atoms with Gasteiger partial charge in [0, 0.05) is 44.7 Å². The van der Waals surface area contributed by atoms with E-state index in [-0.39, 0.29) is 30.4 Å². The van der Waals surface area contributed by atoms with Crippen molar-refractivity contribution in [2.24, 2.45) is 0 Å². The van der Waals surface area contributed by atoms with Crippen molar-refractivity contribution in [2.75, 3.05) is 31.6 Å². The van der Waals surface area contributed by atoms with Crippen LogP contribution in [0.4, 0.5) is 10.5 Å². The van der Waals surface area contributed by atoms with Crippen LogP contribution >= 0.6 is 0 Å². The van der Waals surface area contributed by atoms with E-state index in [2.05, 4.69) is 5.32 Å². The molecular formula is C20H29N3O4. The standard InChI is InChI=1S/C20H29N3O4/c1-4-27-20(26)22-11-8-18(9-12-22)23(16(3)24)13-10-19(25)21-17-7-5-6-15(2)14-17/h5-7,14,18H,4,8-13H2,1-3H3,(H,21,25). The Kier molecular flexibility index (Phi) is 7.64. The Balaban J connectivity index is 1.84. The fourth-order valence-electron chi connectivity index (χ4n) is 3.34. The average Bonchev–Trinajstić information content (AvgIpc) is 2.62. The number of rotatable bonds is 6. The minimum Gasteiger partial charge on any atom is -0.450 e. The van der Waals surface area contributed by atoms with E-state index < -0.39 is 0 Å². The van der Waals surface area contributed by atoms with E-state index in [9.17, 15) is 14.4 Å². The van der Waals surface area contributed by atoms with Crippen LogP contribution in [-0.2, 0) is 14.3 Å². The third kappa shape index (κ3) is 6.27. The summed E-state index contributed by atoms with van der Waals surface area (Å²) in [6.07, 6.45) is 1.32. The number of nitrogens with zero attached hydrogens (tertiary/aromatic N) is 2. The minimum atomic E-state index is -0.303. The van der Waals surface area contributed by atoms with E-state index in [1.807, 2.05) is 31.2 Å². The zero-order chi connectivity index (χ0) is 19.8.